The molecule has 5 nitrogen and oxygen atoms in total. The summed E-state index contributed by atoms with van der Waals surface area (Å²) in [7, 11) is 0. The molecular formula is C23H24FN3O2. The molecule has 29 heavy (non-hydrogen) atoms. The van der Waals surface area contributed by atoms with Gasteiger partial charge in [0.1, 0.15) is 5.82 Å². The van der Waals surface area contributed by atoms with E-state index in [0.717, 1.165) is 54.5 Å². The number of H-pyrrole nitrogens is 1. The summed E-state index contributed by atoms with van der Waals surface area (Å²) in [5.74, 6) is 0.376. The molecule has 2 N–H and O–H groups in total. The van der Waals surface area contributed by atoms with Gasteiger partial charge in [0.15, 0.2) is 0 Å². The van der Waals surface area contributed by atoms with E-state index < -0.39 is 6.09 Å². The molecule has 1 aromatic heterocycles. The Morgan fingerprint density at radius 1 is 1.10 bits per heavy atom. The predicted octanol–water partition coefficient (Wildman–Crippen LogP) is 4.89. The van der Waals surface area contributed by atoms with Gasteiger partial charge in [0.25, 0.3) is 0 Å². The summed E-state index contributed by atoms with van der Waals surface area (Å²) in [6, 6.07) is 16.3. The number of aromatic nitrogens is 2. The molecule has 1 heterocycles. The highest BCUT2D eigenvalue weighted by Crippen LogP contribution is 2.35. The molecule has 1 aliphatic rings. The van der Waals surface area contributed by atoms with Gasteiger partial charge in [-0.2, -0.15) is 0 Å². The molecular weight excluding hydrogens is 369 g/mol. The normalized spacial score (nSPS) is 16.0. The highest BCUT2D eigenvalue weighted by Gasteiger charge is 2.26. The van der Waals surface area contributed by atoms with Crippen molar-refractivity contribution in [1.82, 2.24) is 15.5 Å². The second-order valence-electron chi connectivity index (χ2n) is 7.42. The Balaban J connectivity index is 1.44. The fraction of sp³-hybridized carbons (Fsp3) is 0.304. The van der Waals surface area contributed by atoms with Crippen LogP contribution in [0.1, 0.15) is 47.6 Å². The number of nitrogens with zero attached hydrogens (tertiary/aromatic N) is 1. The van der Waals surface area contributed by atoms with Crippen molar-refractivity contribution in [2.45, 2.75) is 44.6 Å². The maximum atomic E-state index is 13.2. The van der Waals surface area contributed by atoms with Crippen molar-refractivity contribution >= 4 is 6.09 Å². The van der Waals surface area contributed by atoms with Gasteiger partial charge in [-0.15, -0.1) is 5.10 Å². The van der Waals surface area contributed by atoms with E-state index in [9.17, 15) is 9.18 Å². The van der Waals surface area contributed by atoms with Crippen LogP contribution in [0.25, 0.3) is 0 Å². The molecule has 6 heteroatoms. The van der Waals surface area contributed by atoms with Gasteiger partial charge in [-0.1, -0.05) is 48.9 Å². The topological polar surface area (TPSA) is 67.0 Å². The quantitative estimate of drug-likeness (QED) is 0.607. The number of hydrogen-bond acceptors (Lipinski definition) is 3. The lowest BCUT2D eigenvalue weighted by molar-refractivity contribution is 0.197. The lowest BCUT2D eigenvalue weighted by Crippen LogP contribution is -2.26. The van der Waals surface area contributed by atoms with Gasteiger partial charge in [0, 0.05) is 23.7 Å². The third kappa shape index (κ3) is 4.83. The van der Waals surface area contributed by atoms with Crippen molar-refractivity contribution in [3.63, 3.8) is 0 Å². The summed E-state index contributed by atoms with van der Waals surface area (Å²) in [6.45, 7) is 0.402. The van der Waals surface area contributed by atoms with E-state index in [2.05, 4.69) is 15.5 Å². The van der Waals surface area contributed by atoms with Crippen molar-refractivity contribution < 1.29 is 13.9 Å². The van der Waals surface area contributed by atoms with Crippen LogP contribution in [0.2, 0.25) is 0 Å². The van der Waals surface area contributed by atoms with Crippen LogP contribution >= 0.6 is 0 Å². The third-order valence-electron chi connectivity index (χ3n) is 5.36. The number of carbonyl (C=O) groups is 1. The fourth-order valence-electron chi connectivity index (χ4n) is 3.86. The minimum absolute atomic E-state index is 0.228. The smallest absolute Gasteiger partial charge is 0.389 e. The average molecular weight is 393 g/mol. The molecule has 4 rings (SSSR count). The molecule has 0 fully saturated rings. The van der Waals surface area contributed by atoms with Crippen LogP contribution in [0.5, 0.6) is 5.88 Å². The summed E-state index contributed by atoms with van der Waals surface area (Å²) in [6.07, 6.45) is 4.25. The number of hydrogen-bond donors (Lipinski definition) is 2. The Labute approximate surface area is 169 Å². The zero-order chi connectivity index (χ0) is 20.1. The van der Waals surface area contributed by atoms with Gasteiger partial charge in [-0.05, 0) is 48.9 Å². The van der Waals surface area contributed by atoms with Crippen LogP contribution in [0, 0.1) is 5.82 Å². The highest BCUT2D eigenvalue weighted by atomic mass is 19.1. The second-order valence-corrected chi connectivity index (χ2v) is 7.42. The van der Waals surface area contributed by atoms with E-state index in [1.54, 1.807) is 0 Å². The first kappa shape index (κ1) is 19.2. The SMILES string of the molecule is O=C(NCc1ccccc1)Oc1n[nH]c2c1CCCCC2Cc1ccc(F)cc1. The van der Waals surface area contributed by atoms with Crippen molar-refractivity contribution in [1.29, 1.82) is 0 Å². The first-order valence-electron chi connectivity index (χ1n) is 10.0. The standard InChI is InChI=1S/C23H24FN3O2/c24-19-12-10-16(11-13-19)14-18-8-4-5-9-20-21(18)26-27-22(20)29-23(28)25-15-17-6-2-1-3-7-17/h1-3,6-7,10-13,18H,4-5,8-9,14-15H2,(H,25,28)(H,26,27). The number of benzene rings is 2. The lowest BCUT2D eigenvalue weighted by atomic mass is 9.92. The monoisotopic (exact) mass is 393 g/mol. The summed E-state index contributed by atoms with van der Waals surface area (Å²) >= 11 is 0. The van der Waals surface area contributed by atoms with Crippen LogP contribution < -0.4 is 10.1 Å². The minimum atomic E-state index is -0.512. The van der Waals surface area contributed by atoms with Gasteiger partial charge in [-0.25, -0.2) is 9.18 Å². The van der Waals surface area contributed by atoms with Gasteiger partial charge in [-0.3, -0.25) is 5.10 Å². The molecule has 3 aromatic rings. The van der Waals surface area contributed by atoms with Crippen LogP contribution in [-0.4, -0.2) is 16.3 Å². The van der Waals surface area contributed by atoms with Gasteiger partial charge in [0.2, 0.25) is 5.88 Å². The Bertz CT molecular complexity index is 954. The minimum Gasteiger partial charge on any atom is -0.389 e. The molecule has 0 aliphatic heterocycles. The Morgan fingerprint density at radius 2 is 1.90 bits per heavy atom. The number of halogens is 1. The van der Waals surface area contributed by atoms with Crippen LogP contribution in [0.4, 0.5) is 9.18 Å². The van der Waals surface area contributed by atoms with Gasteiger partial charge >= 0.3 is 6.09 Å². The highest BCUT2D eigenvalue weighted by molar-refractivity contribution is 5.70. The zero-order valence-electron chi connectivity index (χ0n) is 16.2. The summed E-state index contributed by atoms with van der Waals surface area (Å²) in [5, 5.41) is 10.1. The molecule has 150 valence electrons. The number of aromatic amines is 1. The van der Waals surface area contributed by atoms with Crippen LogP contribution in [0.15, 0.2) is 54.6 Å². The van der Waals surface area contributed by atoms with Crippen LogP contribution in [-0.2, 0) is 19.4 Å². The second kappa shape index (κ2) is 8.90. The number of amides is 1. The van der Waals surface area contributed by atoms with Crippen molar-refractivity contribution in [3.05, 3.63) is 82.8 Å². The largest absolute Gasteiger partial charge is 0.414 e. The first-order valence-corrected chi connectivity index (χ1v) is 10.0. The van der Waals surface area contributed by atoms with E-state index in [1.807, 2.05) is 42.5 Å². The van der Waals surface area contributed by atoms with E-state index in [0.29, 0.717) is 12.4 Å². The number of nitrogens with one attached hydrogen (secondary N) is 2. The molecule has 1 amide bonds. The van der Waals surface area contributed by atoms with E-state index >= 15 is 0 Å². The lowest BCUT2D eigenvalue weighted by Gasteiger charge is -2.14. The van der Waals surface area contributed by atoms with E-state index in [-0.39, 0.29) is 11.7 Å². The van der Waals surface area contributed by atoms with Gasteiger partial charge < -0.3 is 10.1 Å². The van der Waals surface area contributed by atoms with E-state index in [1.165, 1.54) is 12.1 Å². The molecule has 0 saturated carbocycles. The third-order valence-corrected chi connectivity index (χ3v) is 5.36. The fourth-order valence-corrected chi connectivity index (χ4v) is 3.86. The Hall–Kier alpha value is -3.15. The molecule has 1 aliphatic carbocycles. The maximum Gasteiger partial charge on any atom is 0.414 e. The summed E-state index contributed by atoms with van der Waals surface area (Å²) < 4.78 is 18.7. The number of fused-ring (bicyclic) bond motifs is 1. The van der Waals surface area contributed by atoms with Crippen molar-refractivity contribution in [2.75, 3.05) is 0 Å². The zero-order valence-corrected chi connectivity index (χ0v) is 16.2. The Kier molecular flexibility index (Phi) is 5.89. The number of carbonyl (C=O) groups excluding carboxylic acids is 1. The molecule has 0 saturated heterocycles. The molecule has 2 aromatic carbocycles. The molecule has 1 unspecified atom stereocenters. The maximum absolute atomic E-state index is 13.2. The Morgan fingerprint density at radius 3 is 2.69 bits per heavy atom. The number of rotatable bonds is 5. The summed E-state index contributed by atoms with van der Waals surface area (Å²) in [4.78, 5) is 12.2. The molecule has 0 radical (unpaired) electrons. The van der Waals surface area contributed by atoms with Gasteiger partial charge in [0.05, 0.1) is 0 Å². The molecule has 0 bridgehead atoms. The number of ether oxygens (including phenoxy) is 1. The first-order chi connectivity index (χ1) is 14.2. The molecule has 0 spiro atoms. The van der Waals surface area contributed by atoms with E-state index in [4.69, 9.17) is 4.74 Å². The predicted molar refractivity (Wildman–Crippen MR) is 108 cm³/mol. The summed E-state index contributed by atoms with van der Waals surface area (Å²) in [5.41, 5.74) is 4.09. The average Bonchev–Trinajstić information content (AvgIpc) is 3.02. The van der Waals surface area contributed by atoms with Crippen molar-refractivity contribution in [3.8, 4) is 5.88 Å². The molecule has 1 atom stereocenters. The van der Waals surface area contributed by atoms with Crippen LogP contribution in [0.3, 0.4) is 0 Å². The van der Waals surface area contributed by atoms with Crippen molar-refractivity contribution in [2.24, 2.45) is 0 Å².